The molecule has 0 unspecified atom stereocenters. The Hall–Kier alpha value is -2.63. The number of pyridine rings is 1. The van der Waals surface area contributed by atoms with Gasteiger partial charge in [0.15, 0.2) is 11.6 Å². The molecule has 1 N–H and O–H groups in total. The topological polar surface area (TPSA) is 62.7 Å². The molecule has 1 fully saturated rings. The van der Waals surface area contributed by atoms with Gasteiger partial charge in [-0.05, 0) is 56.7 Å². The van der Waals surface area contributed by atoms with E-state index in [4.69, 9.17) is 4.74 Å². The van der Waals surface area contributed by atoms with Crippen molar-refractivity contribution < 1.29 is 19.0 Å². The zero-order valence-corrected chi connectivity index (χ0v) is 18.5. The molecule has 1 aromatic carbocycles. The van der Waals surface area contributed by atoms with Crippen LogP contribution >= 0.6 is 0 Å². The summed E-state index contributed by atoms with van der Waals surface area (Å²) < 4.78 is 20.0. The molecule has 162 valence electrons. The zero-order valence-electron chi connectivity index (χ0n) is 18.5. The number of nitrogens with zero attached hydrogens (tertiary/aromatic N) is 2. The van der Waals surface area contributed by atoms with E-state index in [0.29, 0.717) is 23.4 Å². The molecule has 0 amide bonds. The van der Waals surface area contributed by atoms with Crippen LogP contribution in [0.15, 0.2) is 18.2 Å². The summed E-state index contributed by atoms with van der Waals surface area (Å²) in [6, 6.07) is 4.93. The second-order valence-electron chi connectivity index (χ2n) is 8.78. The van der Waals surface area contributed by atoms with Crippen LogP contribution in [0, 0.1) is 25.1 Å². The number of benzene rings is 1. The third-order valence-corrected chi connectivity index (χ3v) is 5.94. The van der Waals surface area contributed by atoms with Crippen molar-refractivity contribution in [2.24, 2.45) is 5.41 Å². The number of aromatic nitrogens is 1. The van der Waals surface area contributed by atoms with Crippen LogP contribution in [-0.4, -0.2) is 35.8 Å². The molecule has 1 aliphatic rings. The van der Waals surface area contributed by atoms with Gasteiger partial charge >= 0.3 is 5.97 Å². The van der Waals surface area contributed by atoms with Gasteiger partial charge in [0, 0.05) is 35.6 Å². The quantitative estimate of drug-likeness (QED) is 0.708. The van der Waals surface area contributed by atoms with Crippen molar-refractivity contribution in [3.05, 3.63) is 41.0 Å². The fraction of sp³-hybridized carbons (Fsp3) is 0.500. The number of ether oxygens (including phenoxy) is 1. The SMILES string of the molecule is CCOc1ccc(-c2c(C)nc(C)c(CC(=O)O)c2N2CCC(C)(C)CC2)cc1F. The van der Waals surface area contributed by atoms with Gasteiger partial charge in [-0.1, -0.05) is 19.9 Å². The van der Waals surface area contributed by atoms with Gasteiger partial charge in [0.05, 0.1) is 18.7 Å². The molecule has 0 aliphatic carbocycles. The predicted molar refractivity (Wildman–Crippen MR) is 117 cm³/mol. The van der Waals surface area contributed by atoms with E-state index >= 15 is 0 Å². The number of rotatable bonds is 6. The first kappa shape index (κ1) is 22.1. The standard InChI is InChI=1S/C24H31FN2O3/c1-6-30-20-8-7-17(13-19(20)25)22-16(3)26-15(2)18(14-21(28)29)23(22)27-11-9-24(4,5)10-12-27/h7-8,13H,6,9-12,14H2,1-5H3,(H,28,29). The molecule has 0 saturated carbocycles. The van der Waals surface area contributed by atoms with E-state index in [1.807, 2.05) is 26.8 Å². The molecule has 6 heteroatoms. The van der Waals surface area contributed by atoms with E-state index in [-0.39, 0.29) is 17.6 Å². The number of aryl methyl sites for hydroxylation is 2. The summed E-state index contributed by atoms with van der Waals surface area (Å²) in [7, 11) is 0. The van der Waals surface area contributed by atoms with E-state index in [2.05, 4.69) is 23.7 Å². The molecule has 1 saturated heterocycles. The van der Waals surface area contributed by atoms with Crippen LogP contribution in [0.25, 0.3) is 11.1 Å². The number of aliphatic carboxylic acids is 1. The fourth-order valence-corrected chi connectivity index (χ4v) is 4.19. The average Bonchev–Trinajstić information content (AvgIpc) is 2.65. The Labute approximate surface area is 177 Å². The van der Waals surface area contributed by atoms with Crippen LogP contribution in [0.4, 0.5) is 10.1 Å². The van der Waals surface area contributed by atoms with E-state index in [9.17, 15) is 14.3 Å². The molecule has 0 radical (unpaired) electrons. The van der Waals surface area contributed by atoms with Crippen LogP contribution in [0.1, 0.15) is 50.6 Å². The molecule has 1 aliphatic heterocycles. The van der Waals surface area contributed by atoms with Gasteiger partial charge in [0.25, 0.3) is 0 Å². The van der Waals surface area contributed by atoms with Crippen molar-refractivity contribution in [1.29, 1.82) is 0 Å². The van der Waals surface area contributed by atoms with E-state index < -0.39 is 11.8 Å². The summed E-state index contributed by atoms with van der Waals surface area (Å²) in [5.41, 5.74) is 4.81. The van der Waals surface area contributed by atoms with Crippen LogP contribution in [0.5, 0.6) is 5.75 Å². The lowest BCUT2D eigenvalue weighted by molar-refractivity contribution is -0.136. The van der Waals surface area contributed by atoms with Gasteiger partial charge in [0.1, 0.15) is 0 Å². The highest BCUT2D eigenvalue weighted by Gasteiger charge is 2.30. The van der Waals surface area contributed by atoms with Gasteiger partial charge in [-0.2, -0.15) is 0 Å². The van der Waals surface area contributed by atoms with Gasteiger partial charge in [-0.3, -0.25) is 9.78 Å². The number of halogens is 1. The molecule has 2 aromatic rings. The van der Waals surface area contributed by atoms with Crippen molar-refractivity contribution in [2.75, 3.05) is 24.6 Å². The summed E-state index contributed by atoms with van der Waals surface area (Å²) >= 11 is 0. The van der Waals surface area contributed by atoms with E-state index in [1.54, 1.807) is 6.07 Å². The molecule has 30 heavy (non-hydrogen) atoms. The third kappa shape index (κ3) is 4.58. The number of piperidine rings is 1. The summed E-state index contributed by atoms with van der Waals surface area (Å²) in [6.45, 7) is 12.1. The normalized spacial score (nSPS) is 15.9. The minimum absolute atomic E-state index is 0.110. The smallest absolute Gasteiger partial charge is 0.307 e. The Kier molecular flexibility index (Phi) is 6.34. The highest BCUT2D eigenvalue weighted by molar-refractivity contribution is 5.86. The summed E-state index contributed by atoms with van der Waals surface area (Å²) in [4.78, 5) is 18.5. The maximum absolute atomic E-state index is 14.7. The first-order chi connectivity index (χ1) is 14.1. The van der Waals surface area contributed by atoms with Crippen molar-refractivity contribution in [2.45, 2.75) is 53.9 Å². The lowest BCUT2D eigenvalue weighted by Crippen LogP contribution is -2.38. The van der Waals surface area contributed by atoms with Crippen molar-refractivity contribution in [3.63, 3.8) is 0 Å². The molecule has 0 bridgehead atoms. The summed E-state index contributed by atoms with van der Waals surface area (Å²) in [6.07, 6.45) is 1.91. The monoisotopic (exact) mass is 414 g/mol. The van der Waals surface area contributed by atoms with Crippen molar-refractivity contribution >= 4 is 11.7 Å². The van der Waals surface area contributed by atoms with Gasteiger partial charge in [0.2, 0.25) is 0 Å². The summed E-state index contributed by atoms with van der Waals surface area (Å²) in [5.74, 6) is -1.11. The van der Waals surface area contributed by atoms with Crippen molar-refractivity contribution in [3.8, 4) is 16.9 Å². The highest BCUT2D eigenvalue weighted by atomic mass is 19.1. The Morgan fingerprint density at radius 2 is 1.90 bits per heavy atom. The van der Waals surface area contributed by atoms with E-state index in [1.165, 1.54) is 6.07 Å². The van der Waals surface area contributed by atoms with Crippen LogP contribution in [0.3, 0.4) is 0 Å². The lowest BCUT2D eigenvalue weighted by Gasteiger charge is -2.40. The average molecular weight is 415 g/mol. The molecule has 3 rings (SSSR count). The Morgan fingerprint density at radius 3 is 2.47 bits per heavy atom. The maximum Gasteiger partial charge on any atom is 0.307 e. The first-order valence-electron chi connectivity index (χ1n) is 10.5. The Bertz CT molecular complexity index is 946. The molecule has 0 atom stereocenters. The number of anilines is 1. The zero-order chi connectivity index (χ0) is 22.1. The summed E-state index contributed by atoms with van der Waals surface area (Å²) in [5, 5.41) is 9.54. The largest absolute Gasteiger partial charge is 0.491 e. The second-order valence-corrected chi connectivity index (χ2v) is 8.78. The first-order valence-corrected chi connectivity index (χ1v) is 10.5. The molecular weight excluding hydrogens is 383 g/mol. The van der Waals surface area contributed by atoms with E-state index in [0.717, 1.165) is 42.9 Å². The van der Waals surface area contributed by atoms with Gasteiger partial charge in [-0.15, -0.1) is 0 Å². The van der Waals surface area contributed by atoms with Crippen LogP contribution < -0.4 is 9.64 Å². The second kappa shape index (κ2) is 8.62. The Balaban J connectivity index is 2.19. The number of carboxylic acids is 1. The third-order valence-electron chi connectivity index (χ3n) is 5.94. The molecule has 0 spiro atoms. The maximum atomic E-state index is 14.7. The van der Waals surface area contributed by atoms with Crippen molar-refractivity contribution in [1.82, 2.24) is 4.98 Å². The number of hydrogen-bond acceptors (Lipinski definition) is 4. The van der Waals surface area contributed by atoms with Gasteiger partial charge in [-0.25, -0.2) is 4.39 Å². The molecular formula is C24H31FN2O3. The molecule has 5 nitrogen and oxygen atoms in total. The predicted octanol–water partition coefficient (Wildman–Crippen LogP) is 5.16. The Morgan fingerprint density at radius 1 is 1.23 bits per heavy atom. The molecule has 1 aromatic heterocycles. The fourth-order valence-electron chi connectivity index (χ4n) is 4.19. The highest BCUT2D eigenvalue weighted by Crippen LogP contribution is 2.42. The molecule has 2 heterocycles. The number of hydrogen-bond donors (Lipinski definition) is 1. The minimum Gasteiger partial charge on any atom is -0.491 e. The minimum atomic E-state index is -0.897. The van der Waals surface area contributed by atoms with Gasteiger partial charge < -0.3 is 14.7 Å². The van der Waals surface area contributed by atoms with Crippen LogP contribution in [-0.2, 0) is 11.2 Å². The lowest BCUT2D eigenvalue weighted by atomic mass is 9.82. The van der Waals surface area contributed by atoms with Crippen LogP contribution in [0.2, 0.25) is 0 Å². The number of carbonyl (C=O) groups is 1. The number of carboxylic acid groups (broad SMARTS) is 1.